The predicted octanol–water partition coefficient (Wildman–Crippen LogP) is 0.732. The maximum Gasteiger partial charge on any atom is 0.324 e. The van der Waals surface area contributed by atoms with E-state index in [2.05, 4.69) is 0 Å². The van der Waals surface area contributed by atoms with Crippen molar-refractivity contribution in [2.24, 2.45) is 5.92 Å². The van der Waals surface area contributed by atoms with Gasteiger partial charge in [0.2, 0.25) is 0 Å². The highest BCUT2D eigenvalue weighted by molar-refractivity contribution is 6.09. The summed E-state index contributed by atoms with van der Waals surface area (Å²) in [6.45, 7) is 4.75. The molecule has 2 atom stereocenters. The van der Waals surface area contributed by atoms with Crippen LogP contribution >= 0.6 is 0 Å². The first-order chi connectivity index (χ1) is 6.02. The zero-order valence-corrected chi connectivity index (χ0v) is 8.07. The molecule has 0 radical (unpaired) electrons. The number of ketones is 1. The van der Waals surface area contributed by atoms with Gasteiger partial charge in [-0.1, -0.05) is 6.92 Å². The Labute approximate surface area is 77.3 Å². The van der Waals surface area contributed by atoms with Gasteiger partial charge in [-0.2, -0.15) is 0 Å². The van der Waals surface area contributed by atoms with Gasteiger partial charge < -0.3 is 9.53 Å². The van der Waals surface area contributed by atoms with Crippen LogP contribution in [0.1, 0.15) is 27.2 Å². The summed E-state index contributed by atoms with van der Waals surface area (Å²) in [6.07, 6.45) is 0.719. The van der Waals surface area contributed by atoms with E-state index >= 15 is 0 Å². The summed E-state index contributed by atoms with van der Waals surface area (Å²) >= 11 is 0. The van der Waals surface area contributed by atoms with E-state index in [1.54, 1.807) is 6.92 Å². The zero-order chi connectivity index (χ0) is 10.4. The quantitative estimate of drug-likeness (QED) is 0.361. The summed E-state index contributed by atoms with van der Waals surface area (Å²) in [4.78, 5) is 32.2. The fourth-order valence-electron chi connectivity index (χ4n) is 0.672. The van der Waals surface area contributed by atoms with Crippen LogP contribution in [-0.2, 0) is 19.1 Å². The van der Waals surface area contributed by atoms with E-state index in [9.17, 15) is 14.4 Å². The number of rotatable bonds is 5. The maximum absolute atomic E-state index is 11.1. The van der Waals surface area contributed by atoms with Crippen LogP contribution in [0, 0.1) is 5.92 Å². The van der Waals surface area contributed by atoms with Gasteiger partial charge in [-0.15, -0.1) is 0 Å². The van der Waals surface area contributed by atoms with Crippen LogP contribution in [0.4, 0.5) is 0 Å². The van der Waals surface area contributed by atoms with Crippen molar-refractivity contribution >= 4 is 18.0 Å². The van der Waals surface area contributed by atoms with Crippen LogP contribution in [0.25, 0.3) is 0 Å². The van der Waals surface area contributed by atoms with Crippen molar-refractivity contribution in [2.45, 2.75) is 33.3 Å². The molecule has 0 fully saturated rings. The third-order valence-corrected chi connectivity index (χ3v) is 1.72. The monoisotopic (exact) mass is 186 g/mol. The molecule has 0 aliphatic carbocycles. The van der Waals surface area contributed by atoms with Gasteiger partial charge in [-0.05, 0) is 20.3 Å². The molecule has 0 heterocycles. The van der Waals surface area contributed by atoms with E-state index in [1.165, 1.54) is 6.92 Å². The third kappa shape index (κ3) is 3.83. The molecule has 74 valence electrons. The Hall–Kier alpha value is -1.19. The van der Waals surface area contributed by atoms with Crippen LogP contribution in [0.15, 0.2) is 0 Å². The highest BCUT2D eigenvalue weighted by atomic mass is 16.5. The fourth-order valence-corrected chi connectivity index (χ4v) is 0.672. The second-order valence-electron chi connectivity index (χ2n) is 2.88. The molecule has 0 bridgehead atoms. The Morgan fingerprint density at radius 3 is 2.31 bits per heavy atom. The first-order valence-electron chi connectivity index (χ1n) is 4.19. The van der Waals surface area contributed by atoms with Gasteiger partial charge in [0.1, 0.15) is 6.29 Å². The standard InChI is InChI=1S/C9H14O4/c1-4-6(2)13-9(12)8(5-10)7(3)11/h5-6,8H,4H2,1-3H3. The first-order valence-corrected chi connectivity index (χ1v) is 4.19. The number of carbonyl (C=O) groups excluding carboxylic acids is 3. The lowest BCUT2D eigenvalue weighted by molar-refractivity contribution is -0.156. The number of aldehydes is 1. The number of hydrogen-bond acceptors (Lipinski definition) is 4. The van der Waals surface area contributed by atoms with Crippen LogP contribution in [-0.4, -0.2) is 24.1 Å². The van der Waals surface area contributed by atoms with Crippen LogP contribution < -0.4 is 0 Å². The van der Waals surface area contributed by atoms with E-state index < -0.39 is 17.7 Å². The average Bonchev–Trinajstić information content (AvgIpc) is 2.04. The Morgan fingerprint density at radius 1 is 1.46 bits per heavy atom. The molecular formula is C9H14O4. The molecule has 0 N–H and O–H groups in total. The summed E-state index contributed by atoms with van der Waals surface area (Å²) in [6, 6.07) is 0. The van der Waals surface area contributed by atoms with E-state index in [1.807, 2.05) is 6.92 Å². The summed E-state index contributed by atoms with van der Waals surface area (Å²) in [5, 5.41) is 0. The molecule has 0 aliphatic rings. The number of esters is 1. The van der Waals surface area contributed by atoms with Crippen LogP contribution in [0.3, 0.4) is 0 Å². The molecule has 0 saturated heterocycles. The van der Waals surface area contributed by atoms with Crippen molar-refractivity contribution in [3.05, 3.63) is 0 Å². The van der Waals surface area contributed by atoms with E-state index in [0.29, 0.717) is 12.7 Å². The largest absolute Gasteiger partial charge is 0.462 e. The fraction of sp³-hybridized carbons (Fsp3) is 0.667. The molecule has 2 unspecified atom stereocenters. The average molecular weight is 186 g/mol. The molecular weight excluding hydrogens is 172 g/mol. The molecule has 0 aromatic heterocycles. The summed E-state index contributed by atoms with van der Waals surface area (Å²) in [5.41, 5.74) is 0. The minimum Gasteiger partial charge on any atom is -0.462 e. The molecule has 0 aliphatic heterocycles. The van der Waals surface area contributed by atoms with Crippen molar-refractivity contribution in [1.82, 2.24) is 0 Å². The van der Waals surface area contributed by atoms with Gasteiger partial charge in [-0.3, -0.25) is 9.59 Å². The molecule has 4 heteroatoms. The highest BCUT2D eigenvalue weighted by Gasteiger charge is 2.25. The highest BCUT2D eigenvalue weighted by Crippen LogP contribution is 2.03. The minimum atomic E-state index is -1.26. The second-order valence-corrected chi connectivity index (χ2v) is 2.88. The van der Waals surface area contributed by atoms with Gasteiger partial charge in [0.05, 0.1) is 6.10 Å². The molecule has 0 aromatic rings. The lowest BCUT2D eigenvalue weighted by Gasteiger charge is -2.12. The predicted molar refractivity (Wildman–Crippen MR) is 46.1 cm³/mol. The van der Waals surface area contributed by atoms with Gasteiger partial charge in [0, 0.05) is 0 Å². The van der Waals surface area contributed by atoms with Gasteiger partial charge in [-0.25, -0.2) is 0 Å². The van der Waals surface area contributed by atoms with Crippen LogP contribution in [0.2, 0.25) is 0 Å². The Kier molecular flexibility index (Phi) is 4.96. The zero-order valence-electron chi connectivity index (χ0n) is 8.07. The van der Waals surface area contributed by atoms with Crippen molar-refractivity contribution in [3.8, 4) is 0 Å². The number of hydrogen-bond donors (Lipinski definition) is 0. The summed E-state index contributed by atoms with van der Waals surface area (Å²) in [5.74, 6) is -2.49. The smallest absolute Gasteiger partial charge is 0.324 e. The van der Waals surface area contributed by atoms with Crippen molar-refractivity contribution in [2.75, 3.05) is 0 Å². The molecule has 13 heavy (non-hydrogen) atoms. The lowest BCUT2D eigenvalue weighted by Crippen LogP contribution is -2.28. The van der Waals surface area contributed by atoms with Gasteiger partial charge in [0.15, 0.2) is 11.7 Å². The molecule has 0 amide bonds. The first kappa shape index (κ1) is 11.8. The summed E-state index contributed by atoms with van der Waals surface area (Å²) in [7, 11) is 0. The Morgan fingerprint density at radius 2 is 2.00 bits per heavy atom. The van der Waals surface area contributed by atoms with Crippen LogP contribution in [0.5, 0.6) is 0 Å². The molecule has 0 aromatic carbocycles. The van der Waals surface area contributed by atoms with Crippen molar-refractivity contribution < 1.29 is 19.1 Å². The van der Waals surface area contributed by atoms with E-state index in [0.717, 1.165) is 0 Å². The number of carbonyl (C=O) groups is 3. The maximum atomic E-state index is 11.1. The number of Topliss-reactive ketones (excluding diaryl/α,β-unsaturated/α-hetero) is 1. The molecule has 0 spiro atoms. The van der Waals surface area contributed by atoms with E-state index in [4.69, 9.17) is 4.74 Å². The normalized spacial score (nSPS) is 14.4. The van der Waals surface area contributed by atoms with E-state index in [-0.39, 0.29) is 6.10 Å². The van der Waals surface area contributed by atoms with Crippen molar-refractivity contribution in [1.29, 1.82) is 0 Å². The SMILES string of the molecule is CCC(C)OC(=O)C(C=O)C(C)=O. The Balaban J connectivity index is 4.22. The molecule has 4 nitrogen and oxygen atoms in total. The minimum absolute atomic E-state index is 0.255. The van der Waals surface area contributed by atoms with Gasteiger partial charge >= 0.3 is 5.97 Å². The molecule has 0 saturated carbocycles. The van der Waals surface area contributed by atoms with Crippen molar-refractivity contribution in [3.63, 3.8) is 0 Å². The summed E-state index contributed by atoms with van der Waals surface area (Å²) < 4.78 is 4.82. The molecule has 0 rings (SSSR count). The number of ether oxygens (including phenoxy) is 1. The van der Waals surface area contributed by atoms with Gasteiger partial charge in [0.25, 0.3) is 0 Å². The lowest BCUT2D eigenvalue weighted by atomic mass is 10.1. The third-order valence-electron chi connectivity index (χ3n) is 1.72. The Bertz CT molecular complexity index is 210. The second kappa shape index (κ2) is 5.45. The topological polar surface area (TPSA) is 60.4 Å².